The van der Waals surface area contributed by atoms with E-state index < -0.39 is 0 Å². The van der Waals surface area contributed by atoms with Crippen molar-refractivity contribution in [1.82, 2.24) is 4.90 Å². The zero-order chi connectivity index (χ0) is 16.1. The first kappa shape index (κ1) is 16.8. The highest BCUT2D eigenvalue weighted by Crippen LogP contribution is 2.27. The SMILES string of the molecule is CC(SCc1ccccc1)C(=O)N1CCC(C2OCCO2)CC1. The third-order valence-electron chi connectivity index (χ3n) is 4.57. The molecule has 1 aromatic carbocycles. The molecule has 0 spiro atoms. The van der Waals surface area contributed by atoms with Crippen LogP contribution in [-0.4, -0.2) is 48.7 Å². The molecule has 1 unspecified atom stereocenters. The van der Waals surface area contributed by atoms with Gasteiger partial charge in [-0.25, -0.2) is 0 Å². The molecule has 126 valence electrons. The molecular weight excluding hydrogens is 310 g/mol. The van der Waals surface area contributed by atoms with Crippen LogP contribution in [0.4, 0.5) is 0 Å². The van der Waals surface area contributed by atoms with E-state index in [2.05, 4.69) is 12.1 Å². The van der Waals surface area contributed by atoms with Gasteiger partial charge in [0.2, 0.25) is 5.91 Å². The Morgan fingerprint density at radius 2 is 1.87 bits per heavy atom. The van der Waals surface area contributed by atoms with Gasteiger partial charge in [-0.05, 0) is 25.3 Å². The van der Waals surface area contributed by atoms with E-state index in [9.17, 15) is 4.79 Å². The Balaban J connectivity index is 1.43. The Labute approximate surface area is 142 Å². The normalized spacial score (nSPS) is 21.5. The van der Waals surface area contributed by atoms with E-state index in [0.717, 1.165) is 31.7 Å². The molecule has 0 aromatic heterocycles. The van der Waals surface area contributed by atoms with E-state index in [1.807, 2.05) is 30.0 Å². The molecule has 2 aliphatic heterocycles. The summed E-state index contributed by atoms with van der Waals surface area (Å²) in [5.74, 6) is 1.58. The van der Waals surface area contributed by atoms with Crippen molar-refractivity contribution in [3.05, 3.63) is 35.9 Å². The van der Waals surface area contributed by atoms with Gasteiger partial charge in [0.1, 0.15) is 0 Å². The smallest absolute Gasteiger partial charge is 0.235 e. The number of carbonyl (C=O) groups excluding carboxylic acids is 1. The molecule has 3 rings (SSSR count). The summed E-state index contributed by atoms with van der Waals surface area (Å²) < 4.78 is 11.2. The molecule has 0 aliphatic carbocycles. The van der Waals surface area contributed by atoms with Gasteiger partial charge in [0.05, 0.1) is 18.5 Å². The third-order valence-corrected chi connectivity index (χ3v) is 5.78. The minimum atomic E-state index is -0.0443. The predicted molar refractivity (Wildman–Crippen MR) is 92.2 cm³/mol. The Morgan fingerprint density at radius 1 is 1.22 bits per heavy atom. The second-order valence-corrected chi connectivity index (χ2v) is 7.54. The van der Waals surface area contributed by atoms with E-state index in [1.165, 1.54) is 5.56 Å². The van der Waals surface area contributed by atoms with Crippen molar-refractivity contribution in [2.75, 3.05) is 26.3 Å². The monoisotopic (exact) mass is 335 g/mol. The van der Waals surface area contributed by atoms with E-state index in [1.54, 1.807) is 11.8 Å². The van der Waals surface area contributed by atoms with Crippen LogP contribution in [-0.2, 0) is 20.0 Å². The lowest BCUT2D eigenvalue weighted by Crippen LogP contribution is -2.44. The van der Waals surface area contributed by atoms with Crippen molar-refractivity contribution >= 4 is 17.7 Å². The first-order chi connectivity index (χ1) is 11.2. The third kappa shape index (κ3) is 4.49. The summed E-state index contributed by atoms with van der Waals surface area (Å²) >= 11 is 1.72. The highest BCUT2D eigenvalue weighted by Gasteiger charge is 2.32. The van der Waals surface area contributed by atoms with Gasteiger partial charge in [-0.15, -0.1) is 11.8 Å². The number of piperidine rings is 1. The maximum atomic E-state index is 12.6. The molecule has 2 saturated heterocycles. The molecule has 4 nitrogen and oxygen atoms in total. The quantitative estimate of drug-likeness (QED) is 0.829. The number of ether oxygens (including phenoxy) is 2. The summed E-state index contributed by atoms with van der Waals surface area (Å²) in [5, 5.41) is 0.00531. The van der Waals surface area contributed by atoms with Crippen LogP contribution in [0, 0.1) is 5.92 Å². The van der Waals surface area contributed by atoms with Crippen molar-refractivity contribution < 1.29 is 14.3 Å². The lowest BCUT2D eigenvalue weighted by Gasteiger charge is -2.35. The van der Waals surface area contributed by atoms with Crippen molar-refractivity contribution in [2.45, 2.75) is 37.1 Å². The van der Waals surface area contributed by atoms with Crippen LogP contribution in [0.15, 0.2) is 30.3 Å². The average Bonchev–Trinajstić information content (AvgIpc) is 3.15. The second kappa shape index (κ2) is 8.18. The first-order valence-electron chi connectivity index (χ1n) is 8.41. The molecule has 2 heterocycles. The number of hydrogen-bond donors (Lipinski definition) is 0. The molecule has 1 atom stereocenters. The van der Waals surface area contributed by atoms with Crippen LogP contribution in [0.5, 0.6) is 0 Å². The molecular formula is C18H25NO3S. The van der Waals surface area contributed by atoms with Crippen LogP contribution in [0.1, 0.15) is 25.3 Å². The van der Waals surface area contributed by atoms with Gasteiger partial charge in [-0.2, -0.15) is 0 Å². The fourth-order valence-corrected chi connectivity index (χ4v) is 4.09. The first-order valence-corrected chi connectivity index (χ1v) is 9.46. The van der Waals surface area contributed by atoms with Gasteiger partial charge in [0.15, 0.2) is 6.29 Å². The summed E-state index contributed by atoms with van der Waals surface area (Å²) in [7, 11) is 0. The van der Waals surface area contributed by atoms with Gasteiger partial charge in [0.25, 0.3) is 0 Å². The van der Waals surface area contributed by atoms with Gasteiger partial charge in [-0.1, -0.05) is 30.3 Å². The maximum Gasteiger partial charge on any atom is 0.235 e. The number of hydrogen-bond acceptors (Lipinski definition) is 4. The van der Waals surface area contributed by atoms with Gasteiger partial charge in [0, 0.05) is 24.8 Å². The lowest BCUT2D eigenvalue weighted by atomic mass is 9.96. The molecule has 2 aliphatic rings. The van der Waals surface area contributed by atoms with Crippen LogP contribution in [0.25, 0.3) is 0 Å². The van der Waals surface area contributed by atoms with Crippen LogP contribution in [0.3, 0.4) is 0 Å². The number of thioether (sulfide) groups is 1. The van der Waals surface area contributed by atoms with Crippen molar-refractivity contribution in [3.8, 4) is 0 Å². The standard InChI is InChI=1S/C18H25NO3S/c1-14(23-13-15-5-3-2-4-6-15)17(20)19-9-7-16(8-10-19)18-21-11-12-22-18/h2-6,14,16,18H,7-13H2,1H3. The largest absolute Gasteiger partial charge is 0.350 e. The number of likely N-dealkylation sites (tertiary alicyclic amines) is 1. The molecule has 2 fully saturated rings. The maximum absolute atomic E-state index is 12.6. The van der Waals surface area contributed by atoms with Crippen molar-refractivity contribution in [3.63, 3.8) is 0 Å². The molecule has 0 bridgehead atoms. The average molecular weight is 335 g/mol. The van der Waals surface area contributed by atoms with Gasteiger partial charge in [-0.3, -0.25) is 4.79 Å². The van der Waals surface area contributed by atoms with Crippen molar-refractivity contribution in [2.24, 2.45) is 5.92 Å². The van der Waals surface area contributed by atoms with E-state index in [-0.39, 0.29) is 17.4 Å². The fraction of sp³-hybridized carbons (Fsp3) is 0.611. The second-order valence-electron chi connectivity index (χ2n) is 6.21. The minimum absolute atomic E-state index is 0.00531. The number of carbonyl (C=O) groups is 1. The highest BCUT2D eigenvalue weighted by molar-refractivity contribution is 7.99. The summed E-state index contributed by atoms with van der Waals surface area (Å²) in [5.41, 5.74) is 1.27. The van der Waals surface area contributed by atoms with Crippen LogP contribution in [0.2, 0.25) is 0 Å². The zero-order valence-electron chi connectivity index (χ0n) is 13.6. The summed E-state index contributed by atoms with van der Waals surface area (Å²) in [6.07, 6.45) is 1.91. The van der Waals surface area contributed by atoms with Crippen LogP contribution >= 0.6 is 11.8 Å². The summed E-state index contributed by atoms with van der Waals surface area (Å²) in [6.45, 7) is 5.07. The number of rotatable bonds is 5. The summed E-state index contributed by atoms with van der Waals surface area (Å²) in [6, 6.07) is 10.3. The molecule has 0 radical (unpaired) electrons. The Hall–Kier alpha value is -1.04. The predicted octanol–water partition coefficient (Wildman–Crippen LogP) is 2.92. The van der Waals surface area contributed by atoms with E-state index in [4.69, 9.17) is 9.47 Å². The van der Waals surface area contributed by atoms with Crippen molar-refractivity contribution in [1.29, 1.82) is 0 Å². The Bertz CT molecular complexity index is 496. The van der Waals surface area contributed by atoms with Gasteiger partial charge >= 0.3 is 0 Å². The highest BCUT2D eigenvalue weighted by atomic mass is 32.2. The van der Waals surface area contributed by atoms with Gasteiger partial charge < -0.3 is 14.4 Å². The lowest BCUT2D eigenvalue weighted by molar-refractivity contribution is -0.136. The molecule has 0 N–H and O–H groups in total. The Kier molecular flexibility index (Phi) is 5.97. The molecule has 23 heavy (non-hydrogen) atoms. The molecule has 1 aromatic rings. The van der Waals surface area contributed by atoms with E-state index in [0.29, 0.717) is 19.1 Å². The molecule has 1 amide bonds. The fourth-order valence-electron chi connectivity index (χ4n) is 3.16. The number of benzene rings is 1. The molecule has 0 saturated carbocycles. The topological polar surface area (TPSA) is 38.8 Å². The minimum Gasteiger partial charge on any atom is -0.350 e. The number of nitrogens with zero attached hydrogens (tertiary/aromatic N) is 1. The van der Waals surface area contributed by atoms with E-state index >= 15 is 0 Å². The zero-order valence-corrected chi connectivity index (χ0v) is 14.5. The summed E-state index contributed by atoms with van der Waals surface area (Å²) in [4.78, 5) is 14.6. The Morgan fingerprint density at radius 3 is 2.52 bits per heavy atom. The number of amides is 1. The van der Waals surface area contributed by atoms with Crippen LogP contribution < -0.4 is 0 Å². The molecule has 5 heteroatoms.